The second kappa shape index (κ2) is 5.29. The van der Waals surface area contributed by atoms with E-state index in [1.54, 1.807) is 0 Å². The first-order valence-electron chi connectivity index (χ1n) is 7.22. The van der Waals surface area contributed by atoms with Crippen LogP contribution in [0.3, 0.4) is 0 Å². The van der Waals surface area contributed by atoms with Gasteiger partial charge in [-0.1, -0.05) is 6.07 Å². The maximum absolute atomic E-state index is 5.56. The van der Waals surface area contributed by atoms with E-state index in [1.165, 1.54) is 6.42 Å². The molecule has 0 amide bonds. The summed E-state index contributed by atoms with van der Waals surface area (Å²) in [6, 6.07) is 5.84. The minimum atomic E-state index is 0.543. The van der Waals surface area contributed by atoms with Crippen LogP contribution in [0.25, 0.3) is 22.4 Å². The van der Waals surface area contributed by atoms with Gasteiger partial charge >= 0.3 is 0 Å². The van der Waals surface area contributed by atoms with Crippen molar-refractivity contribution in [3.8, 4) is 11.4 Å². The zero-order valence-electron chi connectivity index (χ0n) is 11.6. The second-order valence-corrected chi connectivity index (χ2v) is 5.42. The Labute approximate surface area is 121 Å². The van der Waals surface area contributed by atoms with Crippen molar-refractivity contribution in [2.75, 3.05) is 13.2 Å². The van der Waals surface area contributed by atoms with Gasteiger partial charge in [0.1, 0.15) is 16.9 Å². The Morgan fingerprint density at radius 1 is 1.29 bits per heavy atom. The molecule has 6 heteroatoms. The molecule has 0 N–H and O–H groups in total. The predicted octanol–water partition coefficient (Wildman–Crippen LogP) is 2.51. The molecule has 3 aromatic rings. The lowest BCUT2D eigenvalue weighted by Crippen LogP contribution is -2.22. The molecule has 1 aliphatic heterocycles. The third kappa shape index (κ3) is 2.31. The molecule has 108 valence electrons. The molecule has 0 saturated carbocycles. The Morgan fingerprint density at radius 2 is 2.29 bits per heavy atom. The first-order chi connectivity index (χ1) is 10.4. The smallest absolute Gasteiger partial charge is 0.146 e. The van der Waals surface area contributed by atoms with Gasteiger partial charge in [-0.2, -0.15) is 0 Å². The Hall–Kier alpha value is -2.21. The molecule has 0 aliphatic carbocycles. The van der Waals surface area contributed by atoms with Crippen molar-refractivity contribution in [1.29, 1.82) is 0 Å². The fourth-order valence-corrected chi connectivity index (χ4v) is 2.92. The number of fused-ring (bicyclic) bond motifs is 1. The molecule has 1 fully saturated rings. The number of hydrogen-bond donors (Lipinski definition) is 0. The third-order valence-corrected chi connectivity index (χ3v) is 3.95. The molecule has 0 radical (unpaired) electrons. The Kier molecular flexibility index (Phi) is 3.16. The third-order valence-electron chi connectivity index (χ3n) is 3.95. The van der Waals surface area contributed by atoms with Gasteiger partial charge in [-0.25, -0.2) is 9.61 Å². The van der Waals surface area contributed by atoms with E-state index in [4.69, 9.17) is 9.37 Å². The summed E-state index contributed by atoms with van der Waals surface area (Å²) in [5.74, 6) is 1.45. The Balaban J connectivity index is 1.69. The van der Waals surface area contributed by atoms with Crippen molar-refractivity contribution in [2.24, 2.45) is 5.92 Å². The fraction of sp³-hybridized carbons (Fsp3) is 0.400. The maximum atomic E-state index is 5.56. The molecule has 0 bridgehead atoms. The van der Waals surface area contributed by atoms with Crippen molar-refractivity contribution < 1.29 is 9.37 Å². The highest BCUT2D eigenvalue weighted by Crippen LogP contribution is 2.26. The molecular formula is C15H16N4O2. The number of imidazole rings is 1. The predicted molar refractivity (Wildman–Crippen MR) is 76.6 cm³/mol. The molecule has 1 aromatic carbocycles. The highest BCUT2D eigenvalue weighted by atomic mass is 16.6. The number of hydrogen-bond acceptors (Lipinski definition) is 5. The first kappa shape index (κ1) is 12.5. The molecule has 2 aromatic heterocycles. The molecule has 0 unspecified atom stereocenters. The van der Waals surface area contributed by atoms with E-state index in [9.17, 15) is 0 Å². The average molecular weight is 284 g/mol. The average Bonchev–Trinajstić information content (AvgIpc) is 3.16. The zero-order chi connectivity index (χ0) is 14.1. The summed E-state index contributed by atoms with van der Waals surface area (Å²) < 4.78 is 12.6. The van der Waals surface area contributed by atoms with Gasteiger partial charge in [0.2, 0.25) is 0 Å². The van der Waals surface area contributed by atoms with Crippen LogP contribution in [0.4, 0.5) is 0 Å². The minimum Gasteiger partial charge on any atom is -0.381 e. The van der Waals surface area contributed by atoms with Crippen molar-refractivity contribution in [1.82, 2.24) is 19.9 Å². The van der Waals surface area contributed by atoms with Gasteiger partial charge in [0, 0.05) is 37.0 Å². The van der Waals surface area contributed by atoms with E-state index in [2.05, 4.69) is 19.9 Å². The van der Waals surface area contributed by atoms with Crippen LogP contribution >= 0.6 is 0 Å². The van der Waals surface area contributed by atoms with Gasteiger partial charge in [-0.05, 0) is 35.3 Å². The van der Waals surface area contributed by atoms with Crippen LogP contribution in [0.2, 0.25) is 0 Å². The monoisotopic (exact) mass is 284 g/mol. The standard InChI is InChI=1S/C15H16N4O2/c1-4-12(14-13(5-1)17-21-18-14)15-16-6-7-19(15)9-11-3-2-8-20-10-11/h1,4-7,11H,2-3,8-10H2/t11-/m1/s1. The SMILES string of the molecule is c1cc(-c2nccn2C[C@H]2CCCOC2)c2nonc2c1. The summed E-state index contributed by atoms with van der Waals surface area (Å²) in [7, 11) is 0. The van der Waals surface area contributed by atoms with E-state index >= 15 is 0 Å². The van der Waals surface area contributed by atoms with Crippen LogP contribution in [0, 0.1) is 5.92 Å². The first-order valence-corrected chi connectivity index (χ1v) is 7.22. The summed E-state index contributed by atoms with van der Waals surface area (Å²) in [5, 5.41) is 7.89. The summed E-state index contributed by atoms with van der Waals surface area (Å²) in [4.78, 5) is 4.49. The zero-order valence-corrected chi connectivity index (χ0v) is 11.6. The number of benzene rings is 1. The Morgan fingerprint density at radius 3 is 3.19 bits per heavy atom. The van der Waals surface area contributed by atoms with Crippen LogP contribution in [0.1, 0.15) is 12.8 Å². The summed E-state index contributed by atoms with van der Waals surface area (Å²) in [6.07, 6.45) is 6.17. The largest absolute Gasteiger partial charge is 0.381 e. The second-order valence-electron chi connectivity index (χ2n) is 5.42. The molecule has 1 aliphatic rings. The lowest BCUT2D eigenvalue weighted by atomic mass is 10.0. The normalized spacial score (nSPS) is 19.1. The van der Waals surface area contributed by atoms with E-state index in [-0.39, 0.29) is 0 Å². The van der Waals surface area contributed by atoms with Gasteiger partial charge in [-0.15, -0.1) is 0 Å². The fourth-order valence-electron chi connectivity index (χ4n) is 2.92. The van der Waals surface area contributed by atoms with Crippen molar-refractivity contribution >= 4 is 11.0 Å². The number of nitrogens with zero attached hydrogens (tertiary/aromatic N) is 4. The van der Waals surface area contributed by atoms with Crippen LogP contribution in [-0.2, 0) is 11.3 Å². The number of rotatable bonds is 3. The molecule has 6 nitrogen and oxygen atoms in total. The molecule has 1 saturated heterocycles. The van der Waals surface area contributed by atoms with E-state index in [0.717, 1.165) is 48.6 Å². The summed E-state index contributed by atoms with van der Waals surface area (Å²) in [5.41, 5.74) is 2.46. The molecule has 1 atom stereocenters. The Bertz CT molecular complexity index is 743. The van der Waals surface area contributed by atoms with Crippen LogP contribution in [0.15, 0.2) is 35.2 Å². The molecule has 21 heavy (non-hydrogen) atoms. The maximum Gasteiger partial charge on any atom is 0.146 e. The van der Waals surface area contributed by atoms with Crippen LogP contribution in [0.5, 0.6) is 0 Å². The van der Waals surface area contributed by atoms with Gasteiger partial charge in [0.25, 0.3) is 0 Å². The van der Waals surface area contributed by atoms with Crippen molar-refractivity contribution in [3.63, 3.8) is 0 Å². The van der Waals surface area contributed by atoms with Gasteiger partial charge in [0.05, 0.1) is 6.61 Å². The van der Waals surface area contributed by atoms with E-state index < -0.39 is 0 Å². The summed E-state index contributed by atoms with van der Waals surface area (Å²) >= 11 is 0. The van der Waals surface area contributed by atoms with Gasteiger partial charge in [-0.3, -0.25) is 0 Å². The quantitative estimate of drug-likeness (QED) is 0.739. The molecule has 3 heterocycles. The van der Waals surface area contributed by atoms with Gasteiger partial charge in [0.15, 0.2) is 0 Å². The lowest BCUT2D eigenvalue weighted by molar-refractivity contribution is 0.0485. The highest BCUT2D eigenvalue weighted by molar-refractivity contribution is 5.88. The van der Waals surface area contributed by atoms with Crippen molar-refractivity contribution in [3.05, 3.63) is 30.6 Å². The molecule has 0 spiro atoms. The van der Waals surface area contributed by atoms with E-state index in [0.29, 0.717) is 5.92 Å². The minimum absolute atomic E-state index is 0.543. The highest BCUT2D eigenvalue weighted by Gasteiger charge is 2.18. The summed E-state index contributed by atoms with van der Waals surface area (Å²) in [6.45, 7) is 2.63. The lowest BCUT2D eigenvalue weighted by Gasteiger charge is -2.23. The number of aromatic nitrogens is 4. The van der Waals surface area contributed by atoms with Crippen LogP contribution < -0.4 is 0 Å². The van der Waals surface area contributed by atoms with Crippen molar-refractivity contribution in [2.45, 2.75) is 19.4 Å². The molecule has 4 rings (SSSR count). The topological polar surface area (TPSA) is 66.0 Å². The molecular weight excluding hydrogens is 268 g/mol. The number of ether oxygens (including phenoxy) is 1. The van der Waals surface area contributed by atoms with E-state index in [1.807, 2.05) is 30.6 Å². The van der Waals surface area contributed by atoms with Crippen LogP contribution in [-0.4, -0.2) is 33.1 Å². The van der Waals surface area contributed by atoms with Gasteiger partial charge < -0.3 is 9.30 Å².